The van der Waals surface area contributed by atoms with Crippen molar-refractivity contribution in [3.05, 3.63) is 90.0 Å². The molecule has 220 valence electrons. The third kappa shape index (κ3) is 8.33. The van der Waals surface area contributed by atoms with Crippen LogP contribution in [0.1, 0.15) is 52.2 Å². The van der Waals surface area contributed by atoms with Crippen molar-refractivity contribution in [2.75, 3.05) is 17.5 Å². The van der Waals surface area contributed by atoms with Gasteiger partial charge in [0.15, 0.2) is 0 Å². The molecule has 1 unspecified atom stereocenters. The number of nitrogens with one attached hydrogen (secondary N) is 1. The molecule has 8 nitrogen and oxygen atoms in total. The zero-order valence-electron chi connectivity index (χ0n) is 24.8. The number of carbonyl (C=O) groups excluding carboxylic acids is 2. The van der Waals surface area contributed by atoms with Crippen LogP contribution in [-0.4, -0.2) is 49.9 Å². The summed E-state index contributed by atoms with van der Waals surface area (Å²) in [6.07, 6.45) is 0.348. The Bertz CT molecular complexity index is 1420. The first-order valence-electron chi connectivity index (χ1n) is 13.8. The fourth-order valence-corrected chi connectivity index (χ4v) is 5.88. The maximum atomic E-state index is 14.2. The van der Waals surface area contributed by atoms with E-state index in [-0.39, 0.29) is 23.0 Å². The predicted octanol–water partition coefficient (Wildman–Crippen LogP) is 5.31. The Morgan fingerprint density at radius 3 is 2.10 bits per heavy atom. The van der Waals surface area contributed by atoms with Crippen LogP contribution >= 0.6 is 0 Å². The summed E-state index contributed by atoms with van der Waals surface area (Å²) in [5, 5.41) is 2.98. The van der Waals surface area contributed by atoms with E-state index in [1.807, 2.05) is 58.9 Å². The van der Waals surface area contributed by atoms with Crippen LogP contribution in [0.4, 0.5) is 5.69 Å². The SMILES string of the molecule is CCOc1ccccc1N(CC(=O)N(Cc1ccc(C)cc1)C(CC)C(=O)NC(C)(C)C)S(=O)(=O)c1ccccc1. The number of anilines is 1. The lowest BCUT2D eigenvalue weighted by Crippen LogP contribution is -2.55. The standard InChI is InChI=1S/C32H41N3O5S/c1-7-27(31(37)33-32(4,5)6)34(22-25-20-18-24(3)19-21-25)30(36)23-35(28-16-12-13-17-29(28)40-8-2)41(38,39)26-14-10-9-11-15-26/h9-21,27H,7-8,22-23H2,1-6H3,(H,33,37). The van der Waals surface area contributed by atoms with Crippen LogP contribution in [0.3, 0.4) is 0 Å². The van der Waals surface area contributed by atoms with E-state index in [4.69, 9.17) is 4.74 Å². The van der Waals surface area contributed by atoms with Crippen LogP contribution in [0.5, 0.6) is 5.75 Å². The van der Waals surface area contributed by atoms with Gasteiger partial charge in [-0.1, -0.05) is 67.1 Å². The summed E-state index contributed by atoms with van der Waals surface area (Å²) in [6, 6.07) is 21.6. The van der Waals surface area contributed by atoms with Gasteiger partial charge in [-0.25, -0.2) is 8.42 Å². The minimum absolute atomic E-state index is 0.0432. The van der Waals surface area contributed by atoms with Crippen molar-refractivity contribution in [2.45, 2.75) is 71.0 Å². The summed E-state index contributed by atoms with van der Waals surface area (Å²) in [5.74, 6) is -0.468. The van der Waals surface area contributed by atoms with Gasteiger partial charge in [-0.3, -0.25) is 13.9 Å². The second-order valence-electron chi connectivity index (χ2n) is 10.9. The molecule has 3 rings (SSSR count). The highest BCUT2D eigenvalue weighted by atomic mass is 32.2. The Morgan fingerprint density at radius 1 is 0.902 bits per heavy atom. The first kappa shape index (κ1) is 31.7. The number of amides is 2. The molecule has 0 spiro atoms. The van der Waals surface area contributed by atoms with Crippen molar-refractivity contribution in [3.63, 3.8) is 0 Å². The predicted molar refractivity (Wildman–Crippen MR) is 162 cm³/mol. The van der Waals surface area contributed by atoms with Gasteiger partial charge < -0.3 is 15.0 Å². The highest BCUT2D eigenvalue weighted by Crippen LogP contribution is 2.33. The van der Waals surface area contributed by atoms with Crippen molar-refractivity contribution < 1.29 is 22.7 Å². The minimum Gasteiger partial charge on any atom is -0.492 e. The number of aryl methyl sites for hydroxylation is 1. The molecule has 0 radical (unpaired) electrons. The molecule has 41 heavy (non-hydrogen) atoms. The van der Waals surface area contributed by atoms with Gasteiger partial charge in [0, 0.05) is 12.1 Å². The normalized spacial score (nSPS) is 12.3. The van der Waals surface area contributed by atoms with E-state index < -0.39 is 34.1 Å². The molecule has 3 aromatic rings. The lowest BCUT2D eigenvalue weighted by atomic mass is 10.1. The molecule has 1 N–H and O–H groups in total. The highest BCUT2D eigenvalue weighted by Gasteiger charge is 2.35. The molecule has 0 aromatic heterocycles. The zero-order valence-corrected chi connectivity index (χ0v) is 25.6. The molecule has 0 aliphatic rings. The van der Waals surface area contributed by atoms with Gasteiger partial charge in [0.2, 0.25) is 11.8 Å². The third-order valence-electron chi connectivity index (χ3n) is 6.40. The summed E-state index contributed by atoms with van der Waals surface area (Å²) in [7, 11) is -4.18. The Kier molecular flexibility index (Phi) is 10.6. The molecule has 0 saturated heterocycles. The Balaban J connectivity index is 2.10. The zero-order chi connectivity index (χ0) is 30.2. The number of nitrogens with zero attached hydrogens (tertiary/aromatic N) is 2. The van der Waals surface area contributed by atoms with Crippen LogP contribution < -0.4 is 14.4 Å². The van der Waals surface area contributed by atoms with Crippen molar-refractivity contribution in [1.29, 1.82) is 0 Å². The molecule has 0 fully saturated rings. The number of carbonyl (C=O) groups is 2. The van der Waals surface area contributed by atoms with Crippen LogP contribution in [0, 0.1) is 6.92 Å². The van der Waals surface area contributed by atoms with Crippen LogP contribution in [-0.2, 0) is 26.2 Å². The molecule has 0 aliphatic carbocycles. The summed E-state index contributed by atoms with van der Waals surface area (Å²) in [6.45, 7) is 11.2. The molecule has 0 aliphatic heterocycles. The summed E-state index contributed by atoms with van der Waals surface area (Å²) >= 11 is 0. The molecule has 3 aromatic carbocycles. The highest BCUT2D eigenvalue weighted by molar-refractivity contribution is 7.92. The van der Waals surface area contributed by atoms with Gasteiger partial charge in [0.1, 0.15) is 18.3 Å². The van der Waals surface area contributed by atoms with E-state index in [1.165, 1.54) is 17.0 Å². The fourth-order valence-electron chi connectivity index (χ4n) is 4.44. The fraction of sp³-hybridized carbons (Fsp3) is 0.375. The number of ether oxygens (including phenoxy) is 1. The van der Waals surface area contributed by atoms with Gasteiger partial charge in [-0.15, -0.1) is 0 Å². The molecule has 0 saturated carbocycles. The van der Waals surface area contributed by atoms with Gasteiger partial charge in [-0.05, 0) is 70.9 Å². The first-order valence-corrected chi connectivity index (χ1v) is 15.3. The van der Waals surface area contributed by atoms with Crippen LogP contribution in [0.25, 0.3) is 0 Å². The number of hydrogen-bond donors (Lipinski definition) is 1. The van der Waals surface area contributed by atoms with Crippen molar-refractivity contribution in [1.82, 2.24) is 10.2 Å². The second-order valence-corrected chi connectivity index (χ2v) is 12.8. The van der Waals surface area contributed by atoms with Gasteiger partial charge in [-0.2, -0.15) is 0 Å². The van der Waals surface area contributed by atoms with E-state index >= 15 is 0 Å². The second kappa shape index (κ2) is 13.7. The Labute approximate surface area is 244 Å². The summed E-state index contributed by atoms with van der Waals surface area (Å²) < 4.78 is 34.9. The quantitative estimate of drug-likeness (QED) is 0.314. The summed E-state index contributed by atoms with van der Waals surface area (Å²) in [5.41, 5.74) is 1.63. The molecule has 1 atom stereocenters. The average Bonchev–Trinajstić information content (AvgIpc) is 2.92. The van der Waals surface area contributed by atoms with Gasteiger partial charge in [0.05, 0.1) is 17.2 Å². The first-order chi connectivity index (χ1) is 19.4. The number of benzene rings is 3. The van der Waals surface area contributed by atoms with Gasteiger partial charge in [0.25, 0.3) is 10.0 Å². The monoisotopic (exact) mass is 579 g/mol. The summed E-state index contributed by atoms with van der Waals surface area (Å²) in [4.78, 5) is 29.2. The lowest BCUT2D eigenvalue weighted by Gasteiger charge is -2.35. The number of hydrogen-bond acceptors (Lipinski definition) is 5. The molecule has 0 bridgehead atoms. The molecule has 0 heterocycles. The Morgan fingerprint density at radius 2 is 1.51 bits per heavy atom. The van der Waals surface area contributed by atoms with E-state index in [9.17, 15) is 18.0 Å². The van der Waals surface area contributed by atoms with E-state index in [0.717, 1.165) is 15.4 Å². The van der Waals surface area contributed by atoms with Gasteiger partial charge >= 0.3 is 0 Å². The van der Waals surface area contributed by atoms with Crippen molar-refractivity contribution in [2.24, 2.45) is 0 Å². The van der Waals surface area contributed by atoms with E-state index in [2.05, 4.69) is 5.32 Å². The number of sulfonamides is 1. The topological polar surface area (TPSA) is 96.0 Å². The molecular weight excluding hydrogens is 538 g/mol. The smallest absolute Gasteiger partial charge is 0.264 e. The average molecular weight is 580 g/mol. The lowest BCUT2D eigenvalue weighted by molar-refractivity contribution is -0.141. The maximum Gasteiger partial charge on any atom is 0.264 e. The molecule has 2 amide bonds. The molecular formula is C32H41N3O5S. The minimum atomic E-state index is -4.18. The Hall–Kier alpha value is -3.85. The largest absolute Gasteiger partial charge is 0.492 e. The van der Waals surface area contributed by atoms with E-state index in [1.54, 1.807) is 49.4 Å². The van der Waals surface area contributed by atoms with E-state index in [0.29, 0.717) is 18.8 Å². The number of rotatable bonds is 12. The van der Waals surface area contributed by atoms with Crippen molar-refractivity contribution in [3.8, 4) is 5.75 Å². The van der Waals surface area contributed by atoms with Crippen LogP contribution in [0.15, 0.2) is 83.8 Å². The number of para-hydroxylation sites is 2. The third-order valence-corrected chi connectivity index (χ3v) is 8.18. The van der Waals surface area contributed by atoms with Crippen molar-refractivity contribution >= 4 is 27.5 Å². The maximum absolute atomic E-state index is 14.2. The van der Waals surface area contributed by atoms with Crippen LogP contribution in [0.2, 0.25) is 0 Å². The molecule has 9 heteroatoms.